The number of nitrogens with one attached hydrogen (secondary N) is 2. The zero-order chi connectivity index (χ0) is 21.7. The van der Waals surface area contributed by atoms with Crippen molar-refractivity contribution in [3.05, 3.63) is 83.9 Å². The van der Waals surface area contributed by atoms with Crippen molar-refractivity contribution in [1.82, 2.24) is 0 Å². The van der Waals surface area contributed by atoms with Gasteiger partial charge in [0.05, 0.1) is 13.7 Å². The van der Waals surface area contributed by atoms with Gasteiger partial charge in [0.25, 0.3) is 11.8 Å². The maximum absolute atomic E-state index is 13.1. The molecule has 0 aliphatic carbocycles. The van der Waals surface area contributed by atoms with E-state index in [4.69, 9.17) is 5.53 Å². The van der Waals surface area contributed by atoms with Crippen LogP contribution in [0.5, 0.6) is 0 Å². The van der Waals surface area contributed by atoms with Gasteiger partial charge >= 0.3 is 0 Å². The average molecular weight is 420 g/mol. The Labute approximate surface area is 175 Å². The molecule has 8 heteroatoms. The van der Waals surface area contributed by atoms with E-state index in [1.54, 1.807) is 24.3 Å². The summed E-state index contributed by atoms with van der Waals surface area (Å²) in [6, 6.07) is 20.8. The largest absolute Gasteiger partial charge is 0.378 e. The van der Waals surface area contributed by atoms with Crippen LogP contribution in [0.25, 0.3) is 0 Å². The van der Waals surface area contributed by atoms with Gasteiger partial charge in [0.1, 0.15) is 0 Å². The van der Waals surface area contributed by atoms with E-state index in [-0.39, 0.29) is 11.5 Å². The van der Waals surface area contributed by atoms with E-state index in [9.17, 15) is 14.5 Å². The van der Waals surface area contributed by atoms with Gasteiger partial charge in [-0.05, 0) is 42.5 Å². The lowest BCUT2D eigenvalue weighted by molar-refractivity contribution is 0.0989. The van der Waals surface area contributed by atoms with Crippen molar-refractivity contribution in [2.45, 2.75) is 0 Å². The van der Waals surface area contributed by atoms with Crippen LogP contribution in [0.4, 0.5) is 11.4 Å². The van der Waals surface area contributed by atoms with Crippen LogP contribution in [0.3, 0.4) is 0 Å². The Morgan fingerprint density at radius 1 is 1.00 bits per heavy atom. The highest BCUT2D eigenvalue weighted by atomic mass is 31.1. The van der Waals surface area contributed by atoms with E-state index >= 15 is 0 Å². The molecule has 1 atom stereocenters. The number of anilines is 2. The summed E-state index contributed by atoms with van der Waals surface area (Å²) in [7, 11) is 2.05. The lowest BCUT2D eigenvalue weighted by Gasteiger charge is -2.19. The molecule has 2 amide bonds. The van der Waals surface area contributed by atoms with E-state index in [1.165, 1.54) is 12.1 Å². The Kier molecular flexibility index (Phi) is 6.67. The molecule has 30 heavy (non-hydrogen) atoms. The van der Waals surface area contributed by atoms with Gasteiger partial charge in [0.2, 0.25) is 0 Å². The number of carbonyl (C=O) groups excluding carboxylic acids is 2. The van der Waals surface area contributed by atoms with Gasteiger partial charge in [-0.25, -0.2) is 5.53 Å². The number of benzene rings is 3. The molecule has 0 aliphatic rings. The molecular formula is C22H21N4O3P. The highest BCUT2D eigenvalue weighted by Crippen LogP contribution is 2.31. The molecule has 3 aromatic rings. The lowest BCUT2D eigenvalue weighted by atomic mass is 10.1. The minimum absolute atomic E-state index is 0.265. The molecule has 3 N–H and O–H groups in total. The fourth-order valence-corrected chi connectivity index (χ4v) is 4.18. The minimum atomic E-state index is -1.70. The number of amides is 2. The average Bonchev–Trinajstić information content (AvgIpc) is 2.78. The normalized spacial score (nSPS) is 11.4. The van der Waals surface area contributed by atoms with Crippen molar-refractivity contribution < 1.29 is 14.5 Å². The fraction of sp³-hybridized carbons (Fsp3) is 0.0909. The van der Waals surface area contributed by atoms with Gasteiger partial charge < -0.3 is 15.1 Å². The van der Waals surface area contributed by atoms with E-state index in [1.807, 2.05) is 55.4 Å². The van der Waals surface area contributed by atoms with Crippen molar-refractivity contribution in [3.8, 4) is 0 Å². The maximum Gasteiger partial charge on any atom is 0.294 e. The summed E-state index contributed by atoms with van der Waals surface area (Å²) in [6.45, 7) is 0. The predicted octanol–water partition coefficient (Wildman–Crippen LogP) is 3.52. The minimum Gasteiger partial charge on any atom is -0.378 e. The summed E-state index contributed by atoms with van der Waals surface area (Å²) in [5, 5.41) is 6.99. The standard InChI is InChI=1S/C22H21N4O3P/c1-26(2)17-12-13-20(30(29)18-6-4-3-5-7-18)19(14-17)22(28)24-16-10-8-15(9-11-16)21(27)25-23/h3-14,23,29H,1-2H3,(H,24,28). The van der Waals surface area contributed by atoms with E-state index in [0.29, 0.717) is 16.6 Å². The van der Waals surface area contributed by atoms with E-state index in [0.717, 1.165) is 11.0 Å². The molecule has 0 bridgehead atoms. The second-order valence-electron chi connectivity index (χ2n) is 6.69. The number of nitrogens with zero attached hydrogens (tertiary/aromatic N) is 2. The Morgan fingerprint density at radius 3 is 2.27 bits per heavy atom. The number of hydrogen-bond acceptors (Lipinski definition) is 5. The second kappa shape index (κ2) is 9.39. The predicted molar refractivity (Wildman–Crippen MR) is 119 cm³/mol. The summed E-state index contributed by atoms with van der Waals surface area (Å²) < 4.78 is 0. The van der Waals surface area contributed by atoms with Gasteiger partial charge in [-0.2, -0.15) is 0 Å². The van der Waals surface area contributed by atoms with Crippen molar-refractivity contribution >= 4 is 41.9 Å². The topological polar surface area (TPSA) is 106 Å². The van der Waals surface area contributed by atoms with E-state index in [2.05, 4.69) is 10.4 Å². The first-order valence-corrected chi connectivity index (χ1v) is 10.4. The quantitative estimate of drug-likeness (QED) is 0.419. The van der Waals surface area contributed by atoms with Crippen LogP contribution in [0.15, 0.2) is 77.9 Å². The van der Waals surface area contributed by atoms with Crippen molar-refractivity contribution in [1.29, 1.82) is 5.53 Å². The Hall–Kier alpha value is -3.41. The van der Waals surface area contributed by atoms with Gasteiger partial charge in [-0.3, -0.25) is 9.59 Å². The third kappa shape index (κ3) is 4.76. The summed E-state index contributed by atoms with van der Waals surface area (Å²) in [5.74, 6) is -1.02. The first-order chi connectivity index (χ1) is 14.4. The molecule has 3 rings (SSSR count). The van der Waals surface area contributed by atoms with Crippen LogP contribution in [0.1, 0.15) is 20.7 Å². The first kappa shape index (κ1) is 21.3. The van der Waals surface area contributed by atoms with Gasteiger partial charge in [-0.15, -0.1) is 5.11 Å². The maximum atomic E-state index is 13.1. The van der Waals surface area contributed by atoms with E-state index < -0.39 is 14.1 Å². The third-order valence-electron chi connectivity index (χ3n) is 4.46. The number of hydrogen-bond donors (Lipinski definition) is 3. The zero-order valence-electron chi connectivity index (χ0n) is 16.5. The molecule has 1 unspecified atom stereocenters. The summed E-state index contributed by atoms with van der Waals surface area (Å²) >= 11 is 0. The molecule has 7 nitrogen and oxygen atoms in total. The van der Waals surface area contributed by atoms with Crippen LogP contribution in [-0.4, -0.2) is 30.8 Å². The van der Waals surface area contributed by atoms with Crippen molar-refractivity contribution in [2.75, 3.05) is 24.3 Å². The lowest BCUT2D eigenvalue weighted by Crippen LogP contribution is -2.24. The van der Waals surface area contributed by atoms with Crippen molar-refractivity contribution in [3.63, 3.8) is 0 Å². The molecule has 0 aromatic heterocycles. The number of carbonyl (C=O) groups is 2. The molecule has 0 aliphatic heterocycles. The monoisotopic (exact) mass is 420 g/mol. The van der Waals surface area contributed by atoms with Crippen LogP contribution in [-0.2, 0) is 0 Å². The fourth-order valence-electron chi connectivity index (χ4n) is 2.84. The van der Waals surface area contributed by atoms with Gasteiger partial charge in [-0.1, -0.05) is 30.3 Å². The first-order valence-electron chi connectivity index (χ1n) is 9.09. The Morgan fingerprint density at radius 2 is 1.67 bits per heavy atom. The molecule has 0 heterocycles. The highest BCUT2D eigenvalue weighted by Gasteiger charge is 2.21. The van der Waals surface area contributed by atoms with Gasteiger partial charge in [0, 0.05) is 41.6 Å². The van der Waals surface area contributed by atoms with Crippen LogP contribution < -0.4 is 20.8 Å². The zero-order valence-corrected chi connectivity index (χ0v) is 17.4. The van der Waals surface area contributed by atoms with Crippen LogP contribution in [0, 0.1) is 5.53 Å². The second-order valence-corrected chi connectivity index (χ2v) is 8.31. The summed E-state index contributed by atoms with van der Waals surface area (Å²) in [4.78, 5) is 37.4. The smallest absolute Gasteiger partial charge is 0.294 e. The van der Waals surface area contributed by atoms with Crippen LogP contribution >= 0.6 is 8.15 Å². The summed E-state index contributed by atoms with van der Waals surface area (Å²) in [5.41, 5.74) is 8.76. The molecule has 0 spiro atoms. The number of rotatable bonds is 6. The molecule has 152 valence electrons. The molecule has 0 saturated carbocycles. The molecule has 0 radical (unpaired) electrons. The molecule has 0 saturated heterocycles. The Bertz CT molecular complexity index is 1070. The third-order valence-corrected chi connectivity index (χ3v) is 6.10. The summed E-state index contributed by atoms with van der Waals surface area (Å²) in [6.07, 6.45) is 0. The Balaban J connectivity index is 1.94. The molecule has 3 aromatic carbocycles. The highest BCUT2D eigenvalue weighted by molar-refractivity contribution is 7.67. The van der Waals surface area contributed by atoms with Crippen molar-refractivity contribution in [2.24, 2.45) is 5.11 Å². The van der Waals surface area contributed by atoms with Crippen LogP contribution in [0.2, 0.25) is 0 Å². The molecular weight excluding hydrogens is 399 g/mol. The van der Waals surface area contributed by atoms with Gasteiger partial charge in [0.15, 0.2) is 0 Å². The SMILES string of the molecule is CN(C)c1ccc(P(O)c2ccccc2)c(C(=O)Nc2ccc(C(=O)N=N)cc2)c1. The molecule has 0 fully saturated rings.